The molecule has 0 aliphatic carbocycles. The lowest BCUT2D eigenvalue weighted by Crippen LogP contribution is -2.44. The lowest BCUT2D eigenvalue weighted by atomic mass is 9.75. The van der Waals surface area contributed by atoms with Crippen LogP contribution in [0, 0.1) is 13.8 Å². The monoisotopic (exact) mass is 718 g/mol. The summed E-state index contributed by atoms with van der Waals surface area (Å²) in [5.74, 6) is 0. The maximum atomic E-state index is 6.06. The molecule has 0 N–H and O–H groups in total. The van der Waals surface area contributed by atoms with Crippen molar-refractivity contribution in [3.8, 4) is 0 Å². The Bertz CT molecular complexity index is 2590. The number of aliphatic imine (C=N–C) groups is 4. The fourth-order valence-corrected chi connectivity index (χ4v) is 8.67. The van der Waals surface area contributed by atoms with Gasteiger partial charge in [-0.25, -0.2) is 20.0 Å². The minimum atomic E-state index is -1.40. The van der Waals surface area contributed by atoms with E-state index in [1.54, 1.807) is 0 Å². The first-order valence-corrected chi connectivity index (χ1v) is 19.2. The molecule has 0 bridgehead atoms. The molecule has 0 atom stereocenters. The molecule has 266 valence electrons. The predicted octanol–water partition coefficient (Wildman–Crippen LogP) is 11.6. The van der Waals surface area contributed by atoms with Crippen LogP contribution in [0.2, 0.25) is 0 Å². The Hall–Kier alpha value is -7.04. The van der Waals surface area contributed by atoms with Crippen LogP contribution in [0.15, 0.2) is 214 Å². The Balaban J connectivity index is 1.46. The molecule has 0 saturated carbocycles. The Morgan fingerprint density at radius 1 is 0.286 bits per heavy atom. The van der Waals surface area contributed by atoms with Gasteiger partial charge < -0.3 is 0 Å². The van der Waals surface area contributed by atoms with Crippen molar-refractivity contribution in [2.75, 3.05) is 0 Å². The Morgan fingerprint density at radius 3 is 0.857 bits per heavy atom. The molecular formula is C52H38N4. The number of aryl methyl sites for hydroxylation is 2. The molecule has 0 amide bonds. The summed E-state index contributed by atoms with van der Waals surface area (Å²) < 4.78 is 0. The molecular weight excluding hydrogens is 681 g/mol. The third kappa shape index (κ3) is 5.21. The van der Waals surface area contributed by atoms with Crippen molar-refractivity contribution >= 4 is 44.4 Å². The van der Waals surface area contributed by atoms with Crippen molar-refractivity contribution < 1.29 is 0 Å². The second kappa shape index (κ2) is 13.4. The Morgan fingerprint density at radius 2 is 0.554 bits per heavy atom. The fraction of sp³-hybridized carbons (Fsp3) is 0.0769. The molecule has 2 aliphatic heterocycles. The quantitative estimate of drug-likeness (QED) is 0.158. The summed E-state index contributed by atoms with van der Waals surface area (Å²) in [6, 6.07) is 67.8. The second-order valence-electron chi connectivity index (χ2n) is 14.6. The smallest absolute Gasteiger partial charge is 0.227 e. The van der Waals surface area contributed by atoms with Gasteiger partial charge in [0.15, 0.2) is 0 Å². The molecule has 8 aromatic carbocycles. The van der Waals surface area contributed by atoms with E-state index in [1.165, 1.54) is 0 Å². The van der Waals surface area contributed by atoms with Crippen LogP contribution in [-0.4, -0.2) is 22.8 Å². The number of hydrogen-bond donors (Lipinski definition) is 0. The first kappa shape index (κ1) is 33.5. The van der Waals surface area contributed by atoms with E-state index in [-0.39, 0.29) is 0 Å². The van der Waals surface area contributed by atoms with Crippen LogP contribution in [0.25, 0.3) is 21.5 Å². The van der Waals surface area contributed by atoms with E-state index in [0.717, 1.165) is 88.9 Å². The minimum absolute atomic E-state index is 0.807. The zero-order chi connectivity index (χ0) is 37.7. The van der Waals surface area contributed by atoms with E-state index in [4.69, 9.17) is 20.0 Å². The largest absolute Gasteiger partial charge is 0.243 e. The van der Waals surface area contributed by atoms with E-state index < -0.39 is 11.3 Å². The summed E-state index contributed by atoms with van der Waals surface area (Å²) in [5, 5.41) is 4.35. The van der Waals surface area contributed by atoms with Crippen LogP contribution in [0.5, 0.6) is 0 Å². The summed E-state index contributed by atoms with van der Waals surface area (Å²) in [6.07, 6.45) is 0. The lowest BCUT2D eigenvalue weighted by molar-refractivity contribution is 0.259. The summed E-state index contributed by atoms with van der Waals surface area (Å²) >= 11 is 0. The lowest BCUT2D eigenvalue weighted by Gasteiger charge is -2.41. The molecule has 0 aromatic heterocycles. The summed E-state index contributed by atoms with van der Waals surface area (Å²) in [6.45, 7) is 4.36. The van der Waals surface area contributed by atoms with Crippen molar-refractivity contribution in [2.45, 2.75) is 25.2 Å². The fourth-order valence-electron chi connectivity index (χ4n) is 8.67. The van der Waals surface area contributed by atoms with Gasteiger partial charge in [-0.2, -0.15) is 0 Å². The van der Waals surface area contributed by atoms with Crippen LogP contribution in [0.4, 0.5) is 0 Å². The predicted molar refractivity (Wildman–Crippen MR) is 233 cm³/mol. The molecule has 56 heavy (non-hydrogen) atoms. The number of fused-ring (bicyclic) bond motifs is 2. The second-order valence-corrected chi connectivity index (χ2v) is 14.6. The maximum Gasteiger partial charge on any atom is 0.227 e. The van der Waals surface area contributed by atoms with E-state index in [2.05, 4.69) is 184 Å². The molecule has 2 aliphatic rings. The van der Waals surface area contributed by atoms with Crippen LogP contribution < -0.4 is 0 Å². The molecule has 4 heteroatoms. The Labute approximate surface area is 327 Å². The first-order chi connectivity index (χ1) is 27.6. The van der Waals surface area contributed by atoms with Gasteiger partial charge in [0, 0.05) is 33.4 Å². The van der Waals surface area contributed by atoms with E-state index in [9.17, 15) is 0 Å². The van der Waals surface area contributed by atoms with E-state index in [0.29, 0.717) is 0 Å². The van der Waals surface area contributed by atoms with Gasteiger partial charge in [0.2, 0.25) is 11.3 Å². The zero-order valence-corrected chi connectivity index (χ0v) is 31.3. The van der Waals surface area contributed by atoms with E-state index in [1.807, 2.05) is 24.3 Å². The average Bonchev–Trinajstić information content (AvgIpc) is 3.87. The van der Waals surface area contributed by atoms with Crippen molar-refractivity contribution in [3.63, 3.8) is 0 Å². The number of rotatable bonds is 7. The van der Waals surface area contributed by atoms with Gasteiger partial charge in [0.25, 0.3) is 0 Å². The molecule has 2 heterocycles. The normalized spacial score (nSPS) is 15.7. The van der Waals surface area contributed by atoms with Gasteiger partial charge in [-0.1, -0.05) is 194 Å². The highest BCUT2D eigenvalue weighted by atomic mass is 15.3. The van der Waals surface area contributed by atoms with Gasteiger partial charge in [0.05, 0.1) is 22.8 Å². The van der Waals surface area contributed by atoms with Gasteiger partial charge in [-0.15, -0.1) is 0 Å². The van der Waals surface area contributed by atoms with Crippen molar-refractivity contribution in [2.24, 2.45) is 20.0 Å². The summed E-state index contributed by atoms with van der Waals surface area (Å²) in [4.78, 5) is 24.2. The Kier molecular flexibility index (Phi) is 8.00. The molecule has 0 saturated heterocycles. The van der Waals surface area contributed by atoms with Crippen molar-refractivity contribution in [1.82, 2.24) is 0 Å². The molecule has 0 radical (unpaired) electrons. The summed E-state index contributed by atoms with van der Waals surface area (Å²) in [5.41, 5.74) is 8.45. The average molecular weight is 719 g/mol. The number of hydrogen-bond acceptors (Lipinski definition) is 4. The third-order valence-electron chi connectivity index (χ3n) is 11.2. The zero-order valence-electron chi connectivity index (χ0n) is 31.3. The number of nitrogens with zero attached hydrogens (tertiary/aromatic N) is 4. The minimum Gasteiger partial charge on any atom is -0.243 e. The molecule has 0 unspecified atom stereocenters. The highest BCUT2D eigenvalue weighted by Crippen LogP contribution is 2.58. The third-order valence-corrected chi connectivity index (χ3v) is 11.2. The maximum absolute atomic E-state index is 6.06. The van der Waals surface area contributed by atoms with Crippen LogP contribution in [0.3, 0.4) is 0 Å². The first-order valence-electron chi connectivity index (χ1n) is 19.2. The topological polar surface area (TPSA) is 49.4 Å². The van der Waals surface area contributed by atoms with E-state index >= 15 is 0 Å². The van der Waals surface area contributed by atoms with Gasteiger partial charge in [-0.3, -0.25) is 0 Å². The SMILES string of the molecule is Cc1ccc2ccccc2c1C1(C2(c3c(C)ccc4ccccc34)N=C(c3ccccc3)C(c3ccccc3)=N2)N=C(c2ccccc2)C(c2ccccc2)=N1. The summed E-state index contributed by atoms with van der Waals surface area (Å²) in [7, 11) is 0. The molecule has 0 fully saturated rings. The molecule has 4 nitrogen and oxygen atoms in total. The molecule has 10 rings (SSSR count). The van der Waals surface area contributed by atoms with Gasteiger partial charge in [0.1, 0.15) is 0 Å². The molecule has 0 spiro atoms. The number of benzene rings is 8. The van der Waals surface area contributed by atoms with Crippen molar-refractivity contribution in [3.05, 3.63) is 239 Å². The molecule has 8 aromatic rings. The van der Waals surface area contributed by atoms with Crippen LogP contribution in [-0.2, 0) is 11.3 Å². The standard InChI is InChI=1S/C52H38N4/c1-35-31-33-37-19-15-17-29-43(37)45(35)51(53-47(39-21-7-3-8-22-39)48(54-51)40-23-9-4-10-24-40)52(46-36(2)32-34-38-20-16-18-30-44(38)46)55-49(41-25-11-5-12-26-41)50(56-52)42-27-13-6-14-28-42/h3-34H,1-2H3. The van der Waals surface area contributed by atoms with Gasteiger partial charge >= 0.3 is 0 Å². The highest BCUT2D eigenvalue weighted by molar-refractivity contribution is 6.56. The van der Waals surface area contributed by atoms with Gasteiger partial charge in [-0.05, 0) is 46.5 Å². The van der Waals surface area contributed by atoms with Crippen LogP contribution in [0.1, 0.15) is 44.5 Å². The van der Waals surface area contributed by atoms with Crippen LogP contribution >= 0.6 is 0 Å². The highest BCUT2D eigenvalue weighted by Gasteiger charge is 2.62. The van der Waals surface area contributed by atoms with Crippen molar-refractivity contribution in [1.29, 1.82) is 0 Å².